The first-order valence-electron chi connectivity index (χ1n) is 37.0. The molecular formula is C90H58Br22O17S4+4. The molecule has 0 aliphatic rings. The molecule has 694 valence electrons. The second-order valence-corrected chi connectivity index (χ2v) is 82.5. The molecule has 12 rings (SSSR count). The van der Waals surface area contributed by atoms with Crippen molar-refractivity contribution in [2.45, 2.75) is 85.5 Å². The van der Waals surface area contributed by atoms with Gasteiger partial charge in [-0.2, -0.15) is 0 Å². The zero-order chi connectivity index (χ0) is 97.4. The summed E-state index contributed by atoms with van der Waals surface area (Å²) in [5, 5.41) is 0. The molecule has 0 aromatic heterocycles. The molecule has 0 amide bonds. The topological polar surface area (TPSA) is 220 Å². The monoisotopic (exact) mass is 3270 g/mol. The number of hydrogen-bond acceptors (Lipinski definition) is 17. The minimum absolute atomic E-state index is 0.0227. The summed E-state index contributed by atoms with van der Waals surface area (Å²) >= 11 is 69.6. The highest BCUT2D eigenvalue weighted by Crippen LogP contribution is 2.51. The highest BCUT2D eigenvalue weighted by molar-refractivity contribution is 9.42. The number of halogens is 22. The lowest BCUT2D eigenvalue weighted by molar-refractivity contribution is -0.149. The van der Waals surface area contributed by atoms with Crippen LogP contribution >= 0.6 is 350 Å². The van der Waals surface area contributed by atoms with E-state index in [1.54, 1.807) is 31.2 Å². The van der Waals surface area contributed by atoms with Crippen molar-refractivity contribution in [2.75, 3.05) is 6.79 Å². The second-order valence-electron chi connectivity index (χ2n) is 25.8. The summed E-state index contributed by atoms with van der Waals surface area (Å²) in [6.07, 6.45) is 0. The van der Waals surface area contributed by atoms with E-state index in [2.05, 4.69) is 411 Å². The Labute approximate surface area is 961 Å². The van der Waals surface area contributed by atoms with Crippen LogP contribution in [0.4, 0.5) is 0 Å². The summed E-state index contributed by atoms with van der Waals surface area (Å²) in [6.45, 7) is 1.61. The number of esters is 8. The molecule has 1 unspecified atom stereocenters. The van der Waals surface area contributed by atoms with Crippen molar-refractivity contribution in [1.82, 2.24) is 0 Å². The number of hydrogen-bond donors (Lipinski definition) is 0. The largest absolute Gasteiger partial charge is 0.457 e. The number of carbonyl (C=O) groups excluding carboxylic acids is 8. The third kappa shape index (κ3) is 36.8. The predicted octanol–water partition coefficient (Wildman–Crippen LogP) is 32.0. The number of carbonyl (C=O) groups is 8. The van der Waals surface area contributed by atoms with Gasteiger partial charge in [-0.05, 0) is 469 Å². The lowest BCUT2D eigenvalue weighted by Gasteiger charge is -2.20. The average molecular weight is 3300 g/mol. The Morgan fingerprint density at radius 2 is 0.466 bits per heavy atom. The number of benzene rings is 12. The van der Waals surface area contributed by atoms with Crippen molar-refractivity contribution >= 4 is 442 Å². The third-order valence-corrected chi connectivity index (χ3v) is 32.3. The molecule has 1 atom stereocenters. The quantitative estimate of drug-likeness (QED) is 0.0191. The van der Waals surface area contributed by atoms with E-state index in [1.165, 1.54) is 39.0 Å². The fourth-order valence-corrected chi connectivity index (χ4v) is 21.1. The maximum absolute atomic E-state index is 13.0. The van der Waals surface area contributed by atoms with E-state index in [0.717, 1.165) is 39.2 Å². The van der Waals surface area contributed by atoms with Gasteiger partial charge in [0.1, 0.15) is 55.4 Å². The van der Waals surface area contributed by atoms with Gasteiger partial charge in [0.15, 0.2) is 66.2 Å². The first kappa shape index (κ1) is 115. The van der Waals surface area contributed by atoms with E-state index in [-0.39, 0.29) is 68.7 Å². The second kappa shape index (κ2) is 53.7. The van der Waals surface area contributed by atoms with Crippen molar-refractivity contribution in [2.24, 2.45) is 0 Å². The van der Waals surface area contributed by atoms with Crippen LogP contribution in [0.15, 0.2) is 374 Å². The molecule has 12 aromatic rings. The van der Waals surface area contributed by atoms with Crippen molar-refractivity contribution < 1.29 is 81.0 Å². The fraction of sp³-hybridized carbons (Fsp3) is 0.111. The molecular weight excluding hydrogens is 3240 g/mol. The van der Waals surface area contributed by atoms with E-state index in [4.69, 9.17) is 42.6 Å². The fourth-order valence-electron chi connectivity index (χ4n) is 10.7. The third-order valence-electron chi connectivity index (χ3n) is 16.1. The van der Waals surface area contributed by atoms with Gasteiger partial charge in [0.25, 0.3) is 4.90 Å². The lowest BCUT2D eigenvalue weighted by Crippen LogP contribution is -2.27. The van der Waals surface area contributed by atoms with E-state index >= 15 is 0 Å². The maximum atomic E-state index is 13.0. The van der Waals surface area contributed by atoms with Crippen molar-refractivity contribution in [3.63, 3.8) is 0 Å². The van der Waals surface area contributed by atoms with Gasteiger partial charge in [0.2, 0.25) is 26.7 Å². The molecule has 12 aromatic carbocycles. The molecule has 0 heterocycles. The van der Waals surface area contributed by atoms with Crippen LogP contribution in [0.25, 0.3) is 0 Å². The molecule has 0 radical (unpaired) electrons. The summed E-state index contributed by atoms with van der Waals surface area (Å²) in [7, 11) is -2.32. The van der Waals surface area contributed by atoms with Gasteiger partial charge >= 0.3 is 47.8 Å². The van der Waals surface area contributed by atoms with Crippen LogP contribution < -0.4 is 37.9 Å². The van der Waals surface area contributed by atoms with Crippen LogP contribution in [-0.4, -0.2) is 74.4 Å². The molecule has 0 saturated heterocycles. The Morgan fingerprint density at radius 1 is 0.241 bits per heavy atom. The van der Waals surface area contributed by atoms with Crippen molar-refractivity contribution in [3.05, 3.63) is 315 Å². The number of ether oxygens (including phenoxy) is 9. The molecule has 0 fully saturated rings. The lowest BCUT2D eigenvalue weighted by atomic mass is 10.3. The van der Waals surface area contributed by atoms with E-state index in [9.17, 15) is 38.4 Å². The number of rotatable bonds is 23. The molecule has 0 saturated carbocycles. The van der Waals surface area contributed by atoms with Gasteiger partial charge < -0.3 is 42.6 Å². The minimum Gasteiger partial charge on any atom is -0.457 e. The predicted molar refractivity (Wildman–Crippen MR) is 602 cm³/mol. The molecule has 43 heteroatoms. The van der Waals surface area contributed by atoms with Gasteiger partial charge in [0.05, 0.1) is 21.8 Å². The SMILES string of the molecule is CC(Br)C(=O)OCOc1ccc([S+](c2ccccc2)c2ccccc2)cc1.O=C(Oc1cc(OC(=O)C(Br)(Br)Br)c([S+](c2ccccc2)c2ccccc2)c(OC(=O)C(Br)(Br)Br)c1)C(Br)(Br)Br.O=C(Oc1cc(OC(=O)C(Br)(Br)Br)cc([S+](c2ccccc2)c2ccccc2)c1)C(Br)(Br)Br.O=C(Oc1ccc([S+](c2ccccc2)c2ccccc2)c(OC(=O)C(Br)(Br)Br)c1)C(Br)(Br)Br. The number of alkyl halides is 22. The highest BCUT2D eigenvalue weighted by atomic mass is 80.0. The molecule has 17 nitrogen and oxygen atoms in total. The molecule has 0 aliphatic heterocycles. The van der Waals surface area contributed by atoms with Crippen LogP contribution in [-0.2, 0) is 86.7 Å². The van der Waals surface area contributed by atoms with Crippen LogP contribution in [0.2, 0.25) is 0 Å². The summed E-state index contributed by atoms with van der Waals surface area (Å²) in [5.74, 6) is -3.77. The van der Waals surface area contributed by atoms with Crippen LogP contribution in [0.5, 0.6) is 46.0 Å². The molecule has 133 heavy (non-hydrogen) atoms. The Kier molecular flexibility index (Phi) is 46.3. The van der Waals surface area contributed by atoms with E-state index < -0.39 is 89.5 Å². The minimum atomic E-state index is -1.43. The summed E-state index contributed by atoms with van der Waals surface area (Å²) in [4.78, 5) is 111. The van der Waals surface area contributed by atoms with Crippen molar-refractivity contribution in [3.8, 4) is 46.0 Å². The summed E-state index contributed by atoms with van der Waals surface area (Å²) in [5.41, 5.74) is 0. The van der Waals surface area contributed by atoms with Crippen LogP contribution in [0, 0.1) is 0 Å². The van der Waals surface area contributed by atoms with Gasteiger partial charge in [0, 0.05) is 42.5 Å². The molecule has 0 aliphatic carbocycles. The smallest absolute Gasteiger partial charge is 0.350 e. The Bertz CT molecular complexity index is 5700. The van der Waals surface area contributed by atoms with Gasteiger partial charge in [-0.25, -0.2) is 33.6 Å². The van der Waals surface area contributed by atoms with Crippen LogP contribution in [0.3, 0.4) is 0 Å². The molecule has 0 spiro atoms. The highest BCUT2D eigenvalue weighted by Gasteiger charge is 2.45. The summed E-state index contributed by atoms with van der Waals surface area (Å²) < 4.78 is 40.7. The first-order valence-corrected chi connectivity index (χ1v) is 59.4. The summed E-state index contributed by atoms with van der Waals surface area (Å²) in [6, 6.07) is 100. The van der Waals surface area contributed by atoms with Gasteiger partial charge in [-0.15, -0.1) is 0 Å². The standard InChI is InChI=1S/C24H12Br9O6S.2C22H13Br6O4S.C22H20BrO3S/c25-22(26,27)19(34)37-13-11-16(38-20(35)23(28,29)30)18(17(12-13)39-21(36)24(31,32)33)40(14-7-3-1-4-8-14)15-9-5-2-6-10-15;23-21(24,25)19(29)31-14-11-15(32-20(30)22(26,27)28)13-18(12-14)33(16-7-3-1-4-8-16)17-9-5-2-6-10-17;23-21(24,25)19(29)31-14-11-12-18(17(13-14)32-20(30)22(26,27)28)33(15-7-3-1-4-8-15)16-9-5-2-6-10-16;1-17(23)22(24)26-16-25-18-12-14-21(15-13-18)27(19-8-4-2-5-9-19)20-10-6-3-7-11-20/h1-12H;2*1-13H;2-15,17H,16H2,1H3/q4*+1. The van der Waals surface area contributed by atoms with Crippen molar-refractivity contribution in [1.29, 1.82) is 0 Å². The van der Waals surface area contributed by atoms with E-state index in [1.807, 2.05) is 206 Å². The average Bonchev–Trinajstić information content (AvgIpc) is 0.766. The zero-order valence-electron chi connectivity index (χ0n) is 66.7. The Hall–Kier alpha value is -1.84. The van der Waals surface area contributed by atoms with Gasteiger partial charge in [-0.3, -0.25) is 4.79 Å². The zero-order valence-corrected chi connectivity index (χ0v) is 105. The van der Waals surface area contributed by atoms with Crippen LogP contribution in [0.1, 0.15) is 6.92 Å². The van der Waals surface area contributed by atoms with E-state index in [0.29, 0.717) is 10.6 Å². The Morgan fingerprint density at radius 3 is 0.752 bits per heavy atom. The van der Waals surface area contributed by atoms with Gasteiger partial charge in [-0.1, -0.05) is 162 Å². The maximum Gasteiger partial charge on any atom is 0.350 e. The molecule has 0 bridgehead atoms. The first-order chi connectivity index (χ1) is 62.5. The Balaban J connectivity index is 0.000000201. The normalized spacial score (nSPS) is 11.9. The molecule has 0 N–H and O–H groups in total.